The van der Waals surface area contributed by atoms with Gasteiger partial charge in [0, 0.05) is 37.2 Å². The fourth-order valence-corrected chi connectivity index (χ4v) is 2.18. The summed E-state index contributed by atoms with van der Waals surface area (Å²) in [4.78, 5) is 2.32. The minimum absolute atomic E-state index is 0. The Morgan fingerprint density at radius 2 is 2.29 bits per heavy atom. The van der Waals surface area contributed by atoms with E-state index in [1.807, 2.05) is 0 Å². The van der Waals surface area contributed by atoms with E-state index in [2.05, 4.69) is 17.1 Å². The summed E-state index contributed by atoms with van der Waals surface area (Å²) in [6, 6.07) is 5.01. The summed E-state index contributed by atoms with van der Waals surface area (Å²) >= 11 is 6.05. The van der Waals surface area contributed by atoms with Crippen LogP contribution in [0.5, 0.6) is 0 Å². The van der Waals surface area contributed by atoms with Crippen LogP contribution < -0.4 is 5.32 Å². The first-order valence-electron chi connectivity index (χ1n) is 5.55. The average molecular weight is 279 g/mol. The second kappa shape index (κ2) is 6.55. The van der Waals surface area contributed by atoms with Crippen LogP contribution in [0, 0.1) is 5.82 Å². The van der Waals surface area contributed by atoms with E-state index in [4.69, 9.17) is 11.6 Å². The fraction of sp³-hybridized carbons (Fsp3) is 0.500. The lowest BCUT2D eigenvalue weighted by Crippen LogP contribution is -2.49. The molecule has 1 aliphatic heterocycles. The Morgan fingerprint density at radius 3 is 3.00 bits per heavy atom. The van der Waals surface area contributed by atoms with Crippen molar-refractivity contribution in [2.24, 2.45) is 0 Å². The van der Waals surface area contributed by atoms with Gasteiger partial charge in [0.15, 0.2) is 0 Å². The van der Waals surface area contributed by atoms with Crippen molar-refractivity contribution >= 4 is 24.0 Å². The molecule has 1 atom stereocenters. The summed E-state index contributed by atoms with van der Waals surface area (Å²) in [5.74, 6) is -0.220. The number of nitrogens with one attached hydrogen (secondary N) is 1. The van der Waals surface area contributed by atoms with E-state index < -0.39 is 0 Å². The number of rotatable bonds is 2. The van der Waals surface area contributed by atoms with Gasteiger partial charge in [-0.15, -0.1) is 12.4 Å². The standard InChI is InChI=1S/C12H16ClFN2.ClH/c1-9-7-15-4-5-16(9)8-10-6-11(14)2-3-12(10)13;/h2-3,6,9,15H,4-5,7-8H2,1H3;1H. The molecule has 0 aromatic heterocycles. The molecule has 2 rings (SSSR count). The molecule has 1 heterocycles. The van der Waals surface area contributed by atoms with Crippen LogP contribution in [-0.2, 0) is 6.54 Å². The number of nitrogens with zero attached hydrogens (tertiary/aromatic N) is 1. The van der Waals surface area contributed by atoms with E-state index in [1.165, 1.54) is 12.1 Å². The number of benzene rings is 1. The van der Waals surface area contributed by atoms with Crippen LogP contribution in [0.25, 0.3) is 0 Å². The highest BCUT2D eigenvalue weighted by Crippen LogP contribution is 2.20. The van der Waals surface area contributed by atoms with Gasteiger partial charge in [-0.1, -0.05) is 11.6 Å². The zero-order chi connectivity index (χ0) is 11.5. The van der Waals surface area contributed by atoms with Crippen molar-refractivity contribution in [1.29, 1.82) is 0 Å². The lowest BCUT2D eigenvalue weighted by molar-refractivity contribution is 0.165. The Labute approximate surface area is 113 Å². The summed E-state index contributed by atoms with van der Waals surface area (Å²) in [7, 11) is 0. The average Bonchev–Trinajstić information content (AvgIpc) is 2.27. The topological polar surface area (TPSA) is 15.3 Å². The molecule has 0 spiro atoms. The van der Waals surface area contributed by atoms with Crippen LogP contribution in [0.4, 0.5) is 4.39 Å². The molecular weight excluding hydrogens is 262 g/mol. The second-order valence-electron chi connectivity index (χ2n) is 4.26. The molecular formula is C12H17Cl2FN2. The van der Waals surface area contributed by atoms with E-state index in [0.29, 0.717) is 11.1 Å². The number of hydrogen-bond donors (Lipinski definition) is 1. The summed E-state index contributed by atoms with van der Waals surface area (Å²) < 4.78 is 13.1. The number of hydrogen-bond acceptors (Lipinski definition) is 2. The smallest absolute Gasteiger partial charge is 0.123 e. The molecule has 0 radical (unpaired) electrons. The normalized spacial score (nSPS) is 21.0. The van der Waals surface area contributed by atoms with Gasteiger partial charge in [0.05, 0.1) is 0 Å². The Balaban J connectivity index is 0.00000144. The molecule has 0 amide bonds. The quantitative estimate of drug-likeness (QED) is 0.895. The highest BCUT2D eigenvalue weighted by molar-refractivity contribution is 6.31. The van der Waals surface area contributed by atoms with Crippen molar-refractivity contribution in [1.82, 2.24) is 10.2 Å². The molecule has 1 saturated heterocycles. The van der Waals surface area contributed by atoms with Crippen LogP contribution >= 0.6 is 24.0 Å². The Hall–Kier alpha value is -0.350. The molecule has 0 saturated carbocycles. The van der Waals surface area contributed by atoms with Crippen LogP contribution in [-0.4, -0.2) is 30.6 Å². The van der Waals surface area contributed by atoms with Gasteiger partial charge in [-0.2, -0.15) is 0 Å². The summed E-state index contributed by atoms with van der Waals surface area (Å²) in [6.45, 7) is 5.83. The van der Waals surface area contributed by atoms with Gasteiger partial charge >= 0.3 is 0 Å². The van der Waals surface area contributed by atoms with Crippen LogP contribution in [0.1, 0.15) is 12.5 Å². The SMILES string of the molecule is CC1CNCCN1Cc1cc(F)ccc1Cl.Cl. The second-order valence-corrected chi connectivity index (χ2v) is 4.67. The lowest BCUT2D eigenvalue weighted by atomic mass is 10.1. The first kappa shape index (κ1) is 14.7. The van der Waals surface area contributed by atoms with Gasteiger partial charge in [-0.25, -0.2) is 4.39 Å². The molecule has 1 fully saturated rings. The number of piperazine rings is 1. The summed E-state index contributed by atoms with van der Waals surface area (Å²) in [5, 5.41) is 3.97. The van der Waals surface area contributed by atoms with Crippen LogP contribution in [0.2, 0.25) is 5.02 Å². The molecule has 0 bridgehead atoms. The minimum Gasteiger partial charge on any atom is -0.314 e. The van der Waals surface area contributed by atoms with Gasteiger partial charge in [0.1, 0.15) is 5.82 Å². The van der Waals surface area contributed by atoms with Crippen LogP contribution in [0.3, 0.4) is 0 Å². The van der Waals surface area contributed by atoms with Crippen molar-refractivity contribution in [2.75, 3.05) is 19.6 Å². The molecule has 1 aromatic carbocycles. The molecule has 5 heteroatoms. The monoisotopic (exact) mass is 278 g/mol. The third-order valence-corrected chi connectivity index (χ3v) is 3.39. The van der Waals surface area contributed by atoms with E-state index in [0.717, 1.165) is 31.7 Å². The third kappa shape index (κ3) is 3.81. The lowest BCUT2D eigenvalue weighted by Gasteiger charge is -2.34. The maximum Gasteiger partial charge on any atom is 0.123 e. The Bertz CT molecular complexity index is 374. The fourth-order valence-electron chi connectivity index (χ4n) is 2.00. The predicted molar refractivity (Wildman–Crippen MR) is 71.4 cm³/mol. The van der Waals surface area contributed by atoms with Gasteiger partial charge in [0.25, 0.3) is 0 Å². The molecule has 1 aliphatic rings. The zero-order valence-electron chi connectivity index (χ0n) is 9.75. The molecule has 1 N–H and O–H groups in total. The van der Waals surface area contributed by atoms with Gasteiger partial charge in [-0.05, 0) is 30.7 Å². The van der Waals surface area contributed by atoms with Crippen molar-refractivity contribution in [2.45, 2.75) is 19.5 Å². The maximum atomic E-state index is 13.1. The van der Waals surface area contributed by atoms with Crippen molar-refractivity contribution in [3.63, 3.8) is 0 Å². The molecule has 1 unspecified atom stereocenters. The summed E-state index contributed by atoms with van der Waals surface area (Å²) in [5.41, 5.74) is 0.871. The zero-order valence-corrected chi connectivity index (χ0v) is 11.3. The van der Waals surface area contributed by atoms with Gasteiger partial charge in [0.2, 0.25) is 0 Å². The maximum absolute atomic E-state index is 13.1. The molecule has 96 valence electrons. The molecule has 0 aliphatic carbocycles. The summed E-state index contributed by atoms with van der Waals surface area (Å²) in [6.07, 6.45) is 0. The Kier molecular flexibility index (Phi) is 5.67. The van der Waals surface area contributed by atoms with Crippen molar-refractivity contribution in [3.8, 4) is 0 Å². The number of halogens is 3. The van der Waals surface area contributed by atoms with Crippen molar-refractivity contribution < 1.29 is 4.39 Å². The predicted octanol–water partition coefficient (Wildman–Crippen LogP) is 2.69. The first-order valence-corrected chi connectivity index (χ1v) is 5.93. The third-order valence-electron chi connectivity index (χ3n) is 3.02. The van der Waals surface area contributed by atoms with E-state index in [9.17, 15) is 4.39 Å². The van der Waals surface area contributed by atoms with E-state index >= 15 is 0 Å². The minimum atomic E-state index is -0.220. The molecule has 17 heavy (non-hydrogen) atoms. The van der Waals surface area contributed by atoms with Gasteiger partial charge < -0.3 is 5.32 Å². The molecule has 1 aromatic rings. The van der Waals surface area contributed by atoms with E-state index in [-0.39, 0.29) is 18.2 Å². The largest absolute Gasteiger partial charge is 0.314 e. The van der Waals surface area contributed by atoms with E-state index in [1.54, 1.807) is 6.07 Å². The van der Waals surface area contributed by atoms with Crippen LogP contribution in [0.15, 0.2) is 18.2 Å². The first-order chi connectivity index (χ1) is 7.66. The van der Waals surface area contributed by atoms with Crippen molar-refractivity contribution in [3.05, 3.63) is 34.6 Å². The highest BCUT2D eigenvalue weighted by Gasteiger charge is 2.18. The Morgan fingerprint density at radius 1 is 1.53 bits per heavy atom. The molecule has 2 nitrogen and oxygen atoms in total. The van der Waals surface area contributed by atoms with Gasteiger partial charge in [-0.3, -0.25) is 4.90 Å². The highest BCUT2D eigenvalue weighted by atomic mass is 35.5.